The molecule has 19 heavy (non-hydrogen) atoms. The Labute approximate surface area is 113 Å². The van der Waals surface area contributed by atoms with Crippen molar-refractivity contribution >= 4 is 11.0 Å². The van der Waals surface area contributed by atoms with Gasteiger partial charge in [-0.3, -0.25) is 0 Å². The van der Waals surface area contributed by atoms with Gasteiger partial charge >= 0.3 is 0 Å². The van der Waals surface area contributed by atoms with Crippen molar-refractivity contribution in [1.29, 1.82) is 5.26 Å². The lowest BCUT2D eigenvalue weighted by atomic mass is 10.1. The maximum Gasteiger partial charge on any atom is 0.0931 e. The van der Waals surface area contributed by atoms with E-state index in [0.29, 0.717) is 0 Å². The van der Waals surface area contributed by atoms with Crippen LogP contribution < -0.4 is 0 Å². The highest BCUT2D eigenvalue weighted by Gasteiger charge is 2.43. The zero-order chi connectivity index (χ0) is 13.3. The summed E-state index contributed by atoms with van der Waals surface area (Å²) in [5, 5.41) is 9.10. The first-order valence-electron chi connectivity index (χ1n) is 6.73. The molecule has 4 nitrogen and oxygen atoms in total. The lowest BCUT2D eigenvalue weighted by molar-refractivity contribution is 0.297. The van der Waals surface area contributed by atoms with Gasteiger partial charge in [0.05, 0.1) is 28.8 Å². The molecule has 3 rings (SSSR count). The first-order chi connectivity index (χ1) is 9.21. The summed E-state index contributed by atoms with van der Waals surface area (Å²) in [7, 11) is 2.10. The van der Waals surface area contributed by atoms with E-state index in [2.05, 4.69) is 46.2 Å². The molecule has 0 radical (unpaired) electrons. The van der Waals surface area contributed by atoms with Crippen molar-refractivity contribution in [1.82, 2.24) is 14.9 Å². The molecular formula is C15H18N4. The molecule has 4 heteroatoms. The molecule has 0 spiro atoms. The second-order valence-corrected chi connectivity index (χ2v) is 5.63. The number of imidazole rings is 1. The highest BCUT2D eigenvalue weighted by Crippen LogP contribution is 2.45. The molecule has 0 saturated heterocycles. The summed E-state index contributed by atoms with van der Waals surface area (Å²) in [6.45, 7) is 1.89. The van der Waals surface area contributed by atoms with E-state index in [1.165, 1.54) is 5.56 Å². The second-order valence-electron chi connectivity index (χ2n) is 5.63. The van der Waals surface area contributed by atoms with Crippen LogP contribution in [0.5, 0.6) is 0 Å². The molecule has 98 valence electrons. The van der Waals surface area contributed by atoms with Gasteiger partial charge in [0, 0.05) is 13.1 Å². The Morgan fingerprint density at radius 1 is 1.47 bits per heavy atom. The molecule has 1 fully saturated rings. The van der Waals surface area contributed by atoms with Gasteiger partial charge in [0.15, 0.2) is 0 Å². The van der Waals surface area contributed by atoms with Gasteiger partial charge in [-0.05, 0) is 44.0 Å². The van der Waals surface area contributed by atoms with E-state index in [1.54, 1.807) is 6.33 Å². The van der Waals surface area contributed by atoms with Crippen molar-refractivity contribution in [3.63, 3.8) is 0 Å². The van der Waals surface area contributed by atoms with Crippen LogP contribution in [0.2, 0.25) is 0 Å². The van der Waals surface area contributed by atoms with Crippen molar-refractivity contribution in [2.75, 3.05) is 20.1 Å². The van der Waals surface area contributed by atoms with E-state index in [-0.39, 0.29) is 5.41 Å². The number of nitriles is 1. The van der Waals surface area contributed by atoms with Gasteiger partial charge in [-0.1, -0.05) is 6.07 Å². The summed E-state index contributed by atoms with van der Waals surface area (Å²) >= 11 is 0. The molecule has 1 aliphatic rings. The molecule has 0 amide bonds. The van der Waals surface area contributed by atoms with Gasteiger partial charge in [0.2, 0.25) is 0 Å². The number of benzene rings is 1. The zero-order valence-electron chi connectivity index (χ0n) is 11.2. The number of hydrogen-bond donors (Lipinski definition) is 1. The molecule has 1 aliphatic carbocycles. The SMILES string of the molecule is CN(CCc1ccc2nc[nH]c2c1)CC1(C#N)CC1. The average molecular weight is 254 g/mol. The third-order valence-corrected chi connectivity index (χ3v) is 3.93. The molecule has 1 heterocycles. The molecular weight excluding hydrogens is 236 g/mol. The van der Waals surface area contributed by atoms with Gasteiger partial charge in [-0.25, -0.2) is 4.98 Å². The van der Waals surface area contributed by atoms with E-state index in [9.17, 15) is 0 Å². The minimum absolute atomic E-state index is 0.0396. The number of H-pyrrole nitrogens is 1. The van der Waals surface area contributed by atoms with E-state index in [0.717, 1.165) is 43.4 Å². The van der Waals surface area contributed by atoms with Crippen LogP contribution in [0.1, 0.15) is 18.4 Å². The first-order valence-corrected chi connectivity index (χ1v) is 6.73. The minimum atomic E-state index is -0.0396. The summed E-state index contributed by atoms with van der Waals surface area (Å²) in [6, 6.07) is 8.79. The number of nitrogens with zero attached hydrogens (tertiary/aromatic N) is 3. The van der Waals surface area contributed by atoms with Crippen molar-refractivity contribution in [3.8, 4) is 6.07 Å². The summed E-state index contributed by atoms with van der Waals surface area (Å²) in [5.41, 5.74) is 3.38. The molecule has 2 aromatic rings. The Hall–Kier alpha value is -1.86. The van der Waals surface area contributed by atoms with E-state index in [4.69, 9.17) is 5.26 Å². The van der Waals surface area contributed by atoms with Crippen molar-refractivity contribution < 1.29 is 0 Å². The van der Waals surface area contributed by atoms with Gasteiger partial charge in [0.25, 0.3) is 0 Å². The first kappa shape index (κ1) is 12.2. The monoisotopic (exact) mass is 254 g/mol. The predicted octanol–water partition coefficient (Wildman–Crippen LogP) is 2.34. The molecule has 0 aliphatic heterocycles. The standard InChI is InChI=1S/C15H18N4/c1-19(10-15(9-16)5-6-15)7-4-12-2-3-13-14(8-12)18-11-17-13/h2-3,8,11H,4-7,10H2,1H3,(H,17,18). The molecule has 1 saturated carbocycles. The lowest BCUT2D eigenvalue weighted by Gasteiger charge is -2.19. The number of hydrogen-bond acceptors (Lipinski definition) is 3. The Balaban J connectivity index is 1.58. The van der Waals surface area contributed by atoms with Crippen LogP contribution in [-0.4, -0.2) is 35.0 Å². The van der Waals surface area contributed by atoms with Gasteiger partial charge in [-0.2, -0.15) is 5.26 Å². The molecule has 1 N–H and O–H groups in total. The van der Waals surface area contributed by atoms with Crippen LogP contribution in [0, 0.1) is 16.7 Å². The largest absolute Gasteiger partial charge is 0.345 e. The number of rotatable bonds is 5. The van der Waals surface area contributed by atoms with Crippen LogP contribution in [0.15, 0.2) is 24.5 Å². The van der Waals surface area contributed by atoms with Crippen LogP contribution in [-0.2, 0) is 6.42 Å². The van der Waals surface area contributed by atoms with Crippen LogP contribution in [0.25, 0.3) is 11.0 Å². The molecule has 0 atom stereocenters. The molecule has 1 aromatic heterocycles. The third-order valence-electron chi connectivity index (χ3n) is 3.93. The van der Waals surface area contributed by atoms with Crippen LogP contribution in [0.3, 0.4) is 0 Å². The second kappa shape index (κ2) is 4.67. The normalized spacial score (nSPS) is 16.7. The summed E-state index contributed by atoms with van der Waals surface area (Å²) in [5.74, 6) is 0. The van der Waals surface area contributed by atoms with Crippen molar-refractivity contribution in [2.24, 2.45) is 5.41 Å². The topological polar surface area (TPSA) is 55.7 Å². The van der Waals surface area contributed by atoms with Gasteiger partial charge in [0.1, 0.15) is 0 Å². The Morgan fingerprint density at radius 3 is 3.05 bits per heavy atom. The Morgan fingerprint density at radius 2 is 2.32 bits per heavy atom. The number of aromatic nitrogens is 2. The molecule has 0 unspecified atom stereocenters. The summed E-state index contributed by atoms with van der Waals surface area (Å²) < 4.78 is 0. The van der Waals surface area contributed by atoms with Crippen molar-refractivity contribution in [2.45, 2.75) is 19.3 Å². The lowest BCUT2D eigenvalue weighted by Crippen LogP contribution is -2.28. The fraction of sp³-hybridized carbons (Fsp3) is 0.467. The van der Waals surface area contributed by atoms with Gasteiger partial charge < -0.3 is 9.88 Å². The summed E-state index contributed by atoms with van der Waals surface area (Å²) in [4.78, 5) is 9.63. The average Bonchev–Trinajstić information content (AvgIpc) is 3.03. The van der Waals surface area contributed by atoms with Crippen molar-refractivity contribution in [3.05, 3.63) is 30.1 Å². The molecule has 0 bridgehead atoms. The number of fused-ring (bicyclic) bond motifs is 1. The smallest absolute Gasteiger partial charge is 0.0931 e. The quantitative estimate of drug-likeness (QED) is 0.891. The Bertz CT molecular complexity index is 618. The fourth-order valence-corrected chi connectivity index (χ4v) is 2.51. The highest BCUT2D eigenvalue weighted by molar-refractivity contribution is 5.75. The molecule has 1 aromatic carbocycles. The van der Waals surface area contributed by atoms with E-state index in [1.807, 2.05) is 0 Å². The van der Waals surface area contributed by atoms with Crippen LogP contribution in [0.4, 0.5) is 0 Å². The Kier molecular flexibility index (Phi) is 3.00. The number of aromatic amines is 1. The number of likely N-dealkylation sites (N-methyl/N-ethyl adjacent to an activating group) is 1. The minimum Gasteiger partial charge on any atom is -0.345 e. The zero-order valence-corrected chi connectivity index (χ0v) is 11.2. The van der Waals surface area contributed by atoms with E-state index >= 15 is 0 Å². The van der Waals surface area contributed by atoms with E-state index < -0.39 is 0 Å². The fourth-order valence-electron chi connectivity index (χ4n) is 2.51. The maximum atomic E-state index is 9.10. The highest BCUT2D eigenvalue weighted by atomic mass is 15.1. The summed E-state index contributed by atoms with van der Waals surface area (Å²) in [6.07, 6.45) is 4.86. The van der Waals surface area contributed by atoms with Crippen LogP contribution >= 0.6 is 0 Å². The third kappa shape index (κ3) is 2.61. The number of nitrogens with one attached hydrogen (secondary N) is 1. The predicted molar refractivity (Wildman–Crippen MR) is 74.6 cm³/mol. The van der Waals surface area contributed by atoms with Gasteiger partial charge in [-0.15, -0.1) is 0 Å². The maximum absolute atomic E-state index is 9.10.